The van der Waals surface area contributed by atoms with Crippen molar-refractivity contribution in [3.05, 3.63) is 0 Å². The Labute approximate surface area is 38.1 Å². The second kappa shape index (κ2) is 2.84. The van der Waals surface area contributed by atoms with Crippen LogP contribution in [-0.2, 0) is 4.89 Å². The van der Waals surface area contributed by atoms with E-state index in [1.807, 2.05) is 0 Å². The van der Waals surface area contributed by atoms with Crippen LogP contribution in [0.4, 0.5) is 8.78 Å². The molecular weight excluding hydrogens is 110 g/mol. The van der Waals surface area contributed by atoms with Crippen molar-refractivity contribution in [3.8, 4) is 0 Å². The molecule has 0 bridgehead atoms. The van der Waals surface area contributed by atoms with E-state index in [2.05, 4.69) is 4.89 Å². The summed E-state index contributed by atoms with van der Waals surface area (Å²) >= 11 is 0. The lowest BCUT2D eigenvalue weighted by Gasteiger charge is -2.01. The Morgan fingerprint density at radius 1 is 1.43 bits per heavy atom. The molecule has 0 fully saturated rings. The minimum atomic E-state index is -3.05. The van der Waals surface area contributed by atoms with Gasteiger partial charge in [-0.15, -0.1) is 0 Å². The lowest BCUT2D eigenvalue weighted by Crippen LogP contribution is -2.18. The third kappa shape index (κ3) is 2.44. The van der Waals surface area contributed by atoms with E-state index in [9.17, 15) is 8.78 Å². The molecule has 0 aliphatic rings. The molecule has 0 aliphatic heterocycles. The minimum absolute atomic E-state index is 2.38. The Balaban J connectivity index is 3.14. The molecule has 0 radical (unpaired) electrons. The largest absolute Gasteiger partial charge is 0.361 e. The molecule has 0 aromatic rings. The second-order valence-electron chi connectivity index (χ2n) is 0.830. The number of hydrogen-bond donors (Lipinski definition) is 2. The van der Waals surface area contributed by atoms with Crippen molar-refractivity contribution < 1.29 is 24.0 Å². The maximum Gasteiger partial charge on any atom is 0.291 e. The van der Waals surface area contributed by atoms with Crippen LogP contribution in [0, 0.1) is 0 Å². The van der Waals surface area contributed by atoms with Crippen LogP contribution in [0.5, 0.6) is 0 Å². The van der Waals surface area contributed by atoms with Crippen molar-refractivity contribution in [2.75, 3.05) is 0 Å². The second-order valence-corrected chi connectivity index (χ2v) is 0.830. The molecule has 0 rings (SSSR count). The first kappa shape index (κ1) is 6.74. The summed E-state index contributed by atoms with van der Waals surface area (Å²) in [5.41, 5.74) is 0. The molecule has 2 N–H and O–H groups in total. The molecule has 1 atom stereocenters. The van der Waals surface area contributed by atoms with Crippen LogP contribution in [0.15, 0.2) is 0 Å². The molecule has 3 nitrogen and oxygen atoms in total. The first-order chi connectivity index (χ1) is 3.18. The van der Waals surface area contributed by atoms with Crippen LogP contribution < -0.4 is 0 Å². The molecule has 0 spiro atoms. The van der Waals surface area contributed by atoms with Crippen LogP contribution in [-0.4, -0.2) is 23.1 Å². The van der Waals surface area contributed by atoms with Crippen LogP contribution >= 0.6 is 0 Å². The molecule has 44 valence electrons. The van der Waals surface area contributed by atoms with Gasteiger partial charge in [-0.25, -0.2) is 18.9 Å². The maximum atomic E-state index is 10.9. The SMILES string of the molecule is OOC(O)C(F)F. The van der Waals surface area contributed by atoms with Gasteiger partial charge in [0.15, 0.2) is 0 Å². The number of aliphatic hydroxyl groups is 1. The van der Waals surface area contributed by atoms with E-state index in [-0.39, 0.29) is 0 Å². The Morgan fingerprint density at radius 2 is 1.86 bits per heavy atom. The van der Waals surface area contributed by atoms with E-state index in [4.69, 9.17) is 10.4 Å². The summed E-state index contributed by atoms with van der Waals surface area (Å²) in [4.78, 5) is 2.82. The molecule has 0 saturated carbocycles. The van der Waals surface area contributed by atoms with Gasteiger partial charge in [-0.2, -0.15) is 0 Å². The van der Waals surface area contributed by atoms with Crippen molar-refractivity contribution >= 4 is 0 Å². The van der Waals surface area contributed by atoms with E-state index in [0.29, 0.717) is 0 Å². The Kier molecular flexibility index (Phi) is 2.73. The van der Waals surface area contributed by atoms with Gasteiger partial charge in [-0.1, -0.05) is 0 Å². The topological polar surface area (TPSA) is 49.7 Å². The standard InChI is InChI=1S/C2H4F2O3/c3-1(4)2(5)7-6/h1-2,5-6H. The van der Waals surface area contributed by atoms with Gasteiger partial charge in [-0.05, 0) is 0 Å². The normalized spacial score (nSPS) is 15.0. The van der Waals surface area contributed by atoms with E-state index in [1.165, 1.54) is 0 Å². The third-order valence-corrected chi connectivity index (χ3v) is 0.324. The zero-order valence-corrected chi connectivity index (χ0v) is 3.21. The van der Waals surface area contributed by atoms with Crippen LogP contribution in [0.25, 0.3) is 0 Å². The summed E-state index contributed by atoms with van der Waals surface area (Å²) < 4.78 is 21.8. The Hall–Kier alpha value is -0.260. The number of aliphatic hydroxyl groups excluding tert-OH is 1. The van der Waals surface area contributed by atoms with Gasteiger partial charge in [0.05, 0.1) is 0 Å². The fraction of sp³-hybridized carbons (Fsp3) is 1.00. The fourth-order valence-electron chi connectivity index (χ4n) is 0.0460. The lowest BCUT2D eigenvalue weighted by molar-refractivity contribution is -0.359. The predicted octanol–water partition coefficient (Wildman–Crippen LogP) is 0.0595. The number of halogens is 2. The number of rotatable bonds is 2. The molecule has 7 heavy (non-hydrogen) atoms. The highest BCUT2D eigenvalue weighted by Crippen LogP contribution is 1.98. The monoisotopic (exact) mass is 114 g/mol. The van der Waals surface area contributed by atoms with Crippen molar-refractivity contribution in [1.82, 2.24) is 0 Å². The molecule has 0 aromatic heterocycles. The summed E-state index contributed by atoms with van der Waals surface area (Å²) in [6.07, 6.45) is -5.43. The average Bonchev–Trinajstić information content (AvgIpc) is 1.65. The molecule has 0 aromatic carbocycles. The molecule has 0 amide bonds. The van der Waals surface area contributed by atoms with Gasteiger partial charge in [0.2, 0.25) is 6.29 Å². The number of hydrogen-bond acceptors (Lipinski definition) is 3. The van der Waals surface area contributed by atoms with Gasteiger partial charge >= 0.3 is 0 Å². The first-order valence-electron chi connectivity index (χ1n) is 1.45. The van der Waals surface area contributed by atoms with E-state index in [1.54, 1.807) is 0 Å². The fourth-order valence-corrected chi connectivity index (χ4v) is 0.0460. The summed E-state index contributed by atoms with van der Waals surface area (Å²) in [7, 11) is 0. The van der Waals surface area contributed by atoms with Gasteiger partial charge in [0, 0.05) is 0 Å². The number of alkyl halides is 2. The van der Waals surface area contributed by atoms with E-state index in [0.717, 1.165) is 0 Å². The van der Waals surface area contributed by atoms with Gasteiger partial charge in [-0.3, -0.25) is 0 Å². The van der Waals surface area contributed by atoms with Crippen LogP contribution in [0.2, 0.25) is 0 Å². The predicted molar refractivity (Wildman–Crippen MR) is 15.7 cm³/mol. The molecule has 0 aliphatic carbocycles. The van der Waals surface area contributed by atoms with Crippen molar-refractivity contribution in [1.29, 1.82) is 0 Å². The minimum Gasteiger partial charge on any atom is -0.361 e. The first-order valence-corrected chi connectivity index (χ1v) is 1.45. The molecule has 5 heteroatoms. The molecule has 0 heterocycles. The highest BCUT2D eigenvalue weighted by Gasteiger charge is 2.15. The maximum absolute atomic E-state index is 10.9. The summed E-state index contributed by atoms with van der Waals surface area (Å²) in [6, 6.07) is 0. The van der Waals surface area contributed by atoms with E-state index >= 15 is 0 Å². The van der Waals surface area contributed by atoms with Gasteiger partial charge < -0.3 is 5.11 Å². The van der Waals surface area contributed by atoms with Crippen molar-refractivity contribution in [3.63, 3.8) is 0 Å². The zero-order valence-electron chi connectivity index (χ0n) is 3.21. The van der Waals surface area contributed by atoms with Crippen molar-refractivity contribution in [2.45, 2.75) is 12.7 Å². The van der Waals surface area contributed by atoms with Crippen LogP contribution in [0.1, 0.15) is 0 Å². The summed E-state index contributed by atoms with van der Waals surface area (Å²) in [5, 5.41) is 15.0. The zero-order chi connectivity index (χ0) is 5.86. The smallest absolute Gasteiger partial charge is 0.291 e. The van der Waals surface area contributed by atoms with Gasteiger partial charge in [0.25, 0.3) is 6.43 Å². The van der Waals surface area contributed by atoms with Crippen molar-refractivity contribution in [2.24, 2.45) is 0 Å². The quantitative estimate of drug-likeness (QED) is 0.303. The Bertz CT molecular complexity index is 48.2. The molecule has 0 saturated heterocycles. The summed E-state index contributed by atoms with van der Waals surface area (Å²) in [6.45, 7) is 0. The summed E-state index contributed by atoms with van der Waals surface area (Å²) in [5.74, 6) is 0. The molecule has 1 unspecified atom stereocenters. The van der Waals surface area contributed by atoms with Gasteiger partial charge in [0.1, 0.15) is 0 Å². The highest BCUT2D eigenvalue weighted by atomic mass is 19.3. The third-order valence-electron chi connectivity index (χ3n) is 0.324. The van der Waals surface area contributed by atoms with E-state index < -0.39 is 12.7 Å². The lowest BCUT2D eigenvalue weighted by atomic mass is 10.7. The Morgan fingerprint density at radius 3 is 1.86 bits per heavy atom. The average molecular weight is 114 g/mol. The molecular formula is C2H4F2O3. The highest BCUT2D eigenvalue weighted by molar-refractivity contribution is 4.35. The van der Waals surface area contributed by atoms with Crippen LogP contribution in [0.3, 0.4) is 0 Å².